The van der Waals surface area contributed by atoms with E-state index in [0.29, 0.717) is 16.6 Å². The highest BCUT2D eigenvalue weighted by molar-refractivity contribution is 6.32. The summed E-state index contributed by atoms with van der Waals surface area (Å²) in [5.41, 5.74) is 9.10. The number of aromatic nitrogens is 2. The Kier molecular flexibility index (Phi) is 4.72. The van der Waals surface area contributed by atoms with Gasteiger partial charge in [0.1, 0.15) is 5.15 Å². The van der Waals surface area contributed by atoms with Crippen LogP contribution in [0.5, 0.6) is 0 Å². The summed E-state index contributed by atoms with van der Waals surface area (Å²) in [6.45, 7) is 1.87. The summed E-state index contributed by atoms with van der Waals surface area (Å²) in [6.07, 6.45) is 1.57. The minimum Gasteiger partial charge on any atom is -0.382 e. The molecule has 5 nitrogen and oxygen atoms in total. The summed E-state index contributed by atoms with van der Waals surface area (Å²) in [7, 11) is 0. The zero-order valence-electron chi connectivity index (χ0n) is 13.1. The van der Waals surface area contributed by atoms with Crippen LogP contribution in [0.15, 0.2) is 70.9 Å². The molecule has 24 heavy (non-hydrogen) atoms. The number of hydrogen-bond acceptors (Lipinski definition) is 3. The van der Waals surface area contributed by atoms with E-state index in [1.165, 1.54) is 0 Å². The van der Waals surface area contributed by atoms with Crippen molar-refractivity contribution in [2.45, 2.75) is 6.92 Å². The van der Waals surface area contributed by atoms with E-state index in [1.807, 2.05) is 67.6 Å². The van der Waals surface area contributed by atoms with Crippen LogP contribution in [-0.4, -0.2) is 21.8 Å². The summed E-state index contributed by atoms with van der Waals surface area (Å²) in [4.78, 5) is 0. The van der Waals surface area contributed by atoms with Crippen molar-refractivity contribution in [1.82, 2.24) is 9.78 Å². The first kappa shape index (κ1) is 16.0. The first-order valence-corrected chi connectivity index (χ1v) is 7.77. The Morgan fingerprint density at radius 1 is 1.08 bits per heavy atom. The molecular weight excluding hydrogens is 322 g/mol. The average Bonchev–Trinajstić information content (AvgIpc) is 2.91. The molecule has 0 saturated carbocycles. The molecule has 3 aromatic rings. The summed E-state index contributed by atoms with van der Waals surface area (Å²) in [5.74, 6) is 0.344. The zero-order chi connectivity index (χ0) is 16.9. The number of nitrogens with zero attached hydrogens (tertiary/aromatic N) is 4. The van der Waals surface area contributed by atoms with Gasteiger partial charge in [0.25, 0.3) is 0 Å². The number of amidine groups is 1. The molecule has 0 saturated heterocycles. The Balaban J connectivity index is 1.87. The minimum atomic E-state index is 0.344. The summed E-state index contributed by atoms with van der Waals surface area (Å²) >= 11 is 6.43. The van der Waals surface area contributed by atoms with Gasteiger partial charge in [0, 0.05) is 5.56 Å². The van der Waals surface area contributed by atoms with Gasteiger partial charge in [0.15, 0.2) is 5.84 Å². The van der Waals surface area contributed by atoms with Gasteiger partial charge in [-0.3, -0.25) is 0 Å². The Labute approximate surface area is 145 Å². The van der Waals surface area contributed by atoms with Gasteiger partial charge >= 0.3 is 0 Å². The van der Waals surface area contributed by atoms with Gasteiger partial charge in [-0.05, 0) is 19.1 Å². The molecular formula is C18H16ClN5. The van der Waals surface area contributed by atoms with Crippen molar-refractivity contribution in [3.63, 3.8) is 0 Å². The molecule has 0 fully saturated rings. The maximum Gasteiger partial charge on any atom is 0.153 e. The monoisotopic (exact) mass is 337 g/mol. The molecule has 0 bridgehead atoms. The highest BCUT2D eigenvalue weighted by Gasteiger charge is 2.12. The molecule has 0 spiro atoms. The van der Waals surface area contributed by atoms with Crippen LogP contribution in [-0.2, 0) is 0 Å². The predicted molar refractivity (Wildman–Crippen MR) is 98.1 cm³/mol. The van der Waals surface area contributed by atoms with Gasteiger partial charge in [-0.2, -0.15) is 10.2 Å². The molecule has 6 heteroatoms. The van der Waals surface area contributed by atoms with Gasteiger partial charge in [0.2, 0.25) is 0 Å². The molecule has 0 radical (unpaired) electrons. The predicted octanol–water partition coefficient (Wildman–Crippen LogP) is 3.57. The molecule has 120 valence electrons. The average molecular weight is 338 g/mol. The van der Waals surface area contributed by atoms with Crippen LogP contribution in [0.3, 0.4) is 0 Å². The van der Waals surface area contributed by atoms with Crippen LogP contribution in [0, 0.1) is 6.92 Å². The summed E-state index contributed by atoms with van der Waals surface area (Å²) in [5, 5.41) is 13.0. The molecule has 0 aliphatic rings. The van der Waals surface area contributed by atoms with Crippen molar-refractivity contribution in [2.75, 3.05) is 0 Å². The van der Waals surface area contributed by atoms with E-state index in [2.05, 4.69) is 15.3 Å². The van der Waals surface area contributed by atoms with E-state index < -0.39 is 0 Å². The highest BCUT2D eigenvalue weighted by Crippen LogP contribution is 2.21. The Hall–Kier alpha value is -2.92. The van der Waals surface area contributed by atoms with Gasteiger partial charge in [-0.25, -0.2) is 4.68 Å². The number of hydrogen-bond donors (Lipinski definition) is 1. The van der Waals surface area contributed by atoms with Crippen LogP contribution in [0.2, 0.25) is 5.15 Å². The first-order valence-electron chi connectivity index (χ1n) is 7.39. The third-order valence-corrected chi connectivity index (χ3v) is 3.83. The normalized spacial score (nSPS) is 12.0. The Bertz CT molecular complexity index is 883. The van der Waals surface area contributed by atoms with Crippen LogP contribution in [0.25, 0.3) is 5.69 Å². The molecule has 2 N–H and O–H groups in total. The summed E-state index contributed by atoms with van der Waals surface area (Å²) < 4.78 is 1.67. The largest absolute Gasteiger partial charge is 0.382 e. The second kappa shape index (κ2) is 7.10. The fourth-order valence-corrected chi connectivity index (χ4v) is 2.53. The van der Waals surface area contributed by atoms with Gasteiger partial charge in [-0.1, -0.05) is 60.1 Å². The summed E-state index contributed by atoms with van der Waals surface area (Å²) in [6, 6.07) is 19.1. The lowest BCUT2D eigenvalue weighted by atomic mass is 10.2. The molecule has 3 rings (SSSR count). The smallest absolute Gasteiger partial charge is 0.153 e. The number of nitrogens with two attached hydrogens (primary N) is 1. The molecule has 1 aromatic heterocycles. The van der Waals surface area contributed by atoms with Gasteiger partial charge in [-0.15, -0.1) is 5.10 Å². The Morgan fingerprint density at radius 2 is 1.71 bits per heavy atom. The second-order valence-electron chi connectivity index (χ2n) is 5.13. The first-order chi connectivity index (χ1) is 11.7. The Morgan fingerprint density at radius 3 is 2.38 bits per heavy atom. The van der Waals surface area contributed by atoms with Crippen molar-refractivity contribution in [3.05, 3.63) is 82.6 Å². The SMILES string of the molecule is Cc1nn(-c2ccccc2)c(Cl)c1C=NN=C(N)c1ccccc1. The lowest BCUT2D eigenvalue weighted by Gasteiger charge is -2.01. The van der Waals surface area contributed by atoms with Gasteiger partial charge in [0.05, 0.1) is 23.2 Å². The van der Waals surface area contributed by atoms with E-state index in [4.69, 9.17) is 17.3 Å². The fraction of sp³-hybridized carbons (Fsp3) is 0.0556. The quantitative estimate of drug-likeness (QED) is 0.449. The standard InChI is InChI=1S/C18H16ClN5/c1-13-16(12-21-22-18(20)14-8-4-2-5-9-14)17(19)24(23-13)15-10-6-3-7-11-15/h2-12H,1H3,(H2,20,22). The van der Waals surface area contributed by atoms with Crippen molar-refractivity contribution < 1.29 is 0 Å². The molecule has 0 unspecified atom stereocenters. The number of benzene rings is 2. The van der Waals surface area contributed by atoms with Gasteiger partial charge < -0.3 is 5.73 Å². The van der Waals surface area contributed by atoms with Crippen LogP contribution in [0.4, 0.5) is 0 Å². The molecule has 0 amide bonds. The van der Waals surface area contributed by atoms with Crippen molar-refractivity contribution in [2.24, 2.45) is 15.9 Å². The molecule has 0 atom stereocenters. The number of para-hydroxylation sites is 1. The van der Waals surface area contributed by atoms with Crippen molar-refractivity contribution >= 4 is 23.7 Å². The van der Waals surface area contributed by atoms with Crippen LogP contribution >= 0.6 is 11.6 Å². The third kappa shape index (κ3) is 3.36. The fourth-order valence-electron chi connectivity index (χ4n) is 2.21. The maximum atomic E-state index is 6.43. The van der Waals surface area contributed by atoms with Crippen molar-refractivity contribution in [3.8, 4) is 5.69 Å². The van der Waals surface area contributed by atoms with E-state index in [1.54, 1.807) is 10.9 Å². The number of rotatable bonds is 4. The molecule has 0 aliphatic heterocycles. The van der Waals surface area contributed by atoms with Crippen molar-refractivity contribution in [1.29, 1.82) is 0 Å². The number of halogens is 1. The van der Waals surface area contributed by atoms with E-state index in [9.17, 15) is 0 Å². The maximum absolute atomic E-state index is 6.43. The van der Waals surface area contributed by atoms with E-state index in [0.717, 1.165) is 16.9 Å². The van der Waals surface area contributed by atoms with Crippen LogP contribution < -0.4 is 5.73 Å². The molecule has 1 heterocycles. The zero-order valence-corrected chi connectivity index (χ0v) is 13.9. The third-order valence-electron chi connectivity index (χ3n) is 3.47. The minimum absolute atomic E-state index is 0.344. The number of aryl methyl sites for hydroxylation is 1. The lowest BCUT2D eigenvalue weighted by molar-refractivity contribution is 0.863. The van der Waals surface area contributed by atoms with E-state index >= 15 is 0 Å². The second-order valence-corrected chi connectivity index (χ2v) is 5.49. The lowest BCUT2D eigenvalue weighted by Crippen LogP contribution is -2.12. The highest BCUT2D eigenvalue weighted by atomic mass is 35.5. The van der Waals surface area contributed by atoms with Crippen LogP contribution in [0.1, 0.15) is 16.8 Å². The topological polar surface area (TPSA) is 68.6 Å². The molecule has 0 aliphatic carbocycles. The molecule has 2 aromatic carbocycles. The van der Waals surface area contributed by atoms with E-state index in [-0.39, 0.29) is 0 Å².